The zero-order valence-corrected chi connectivity index (χ0v) is 11.9. The Morgan fingerprint density at radius 1 is 1.05 bits per heavy atom. The Kier molecular flexibility index (Phi) is 5.21. The third-order valence-electron chi connectivity index (χ3n) is 2.93. The highest BCUT2D eigenvalue weighted by Gasteiger charge is 2.05. The molecule has 2 aromatic carbocycles. The second-order valence-electron chi connectivity index (χ2n) is 4.52. The minimum Gasteiger partial charge on any atom is -0.490 e. The first kappa shape index (κ1) is 14.9. The molecule has 2 aromatic rings. The fraction of sp³-hybridized carbons (Fsp3) is 0.235. The van der Waals surface area contributed by atoms with Gasteiger partial charge in [-0.3, -0.25) is 4.79 Å². The Labute approximate surface area is 123 Å². The monoisotopic (exact) mass is 286 g/mol. The molecular weight excluding hydrogens is 268 g/mol. The van der Waals surface area contributed by atoms with Crippen molar-refractivity contribution in [1.29, 1.82) is 0 Å². The van der Waals surface area contributed by atoms with Crippen molar-refractivity contribution < 1.29 is 19.4 Å². The van der Waals surface area contributed by atoms with Gasteiger partial charge in [-0.1, -0.05) is 24.3 Å². The van der Waals surface area contributed by atoms with Crippen LogP contribution in [0.3, 0.4) is 0 Å². The van der Waals surface area contributed by atoms with E-state index >= 15 is 0 Å². The predicted molar refractivity (Wildman–Crippen MR) is 80.1 cm³/mol. The van der Waals surface area contributed by atoms with Crippen molar-refractivity contribution in [2.75, 3.05) is 6.61 Å². The number of benzene rings is 2. The van der Waals surface area contributed by atoms with E-state index in [0.717, 1.165) is 5.56 Å². The molecule has 0 radical (unpaired) electrons. The largest absolute Gasteiger partial charge is 0.490 e. The van der Waals surface area contributed by atoms with Gasteiger partial charge in [0.2, 0.25) is 0 Å². The predicted octanol–water partition coefficient (Wildman–Crippen LogP) is 3.89. The zero-order valence-electron chi connectivity index (χ0n) is 11.9. The van der Waals surface area contributed by atoms with Crippen molar-refractivity contribution >= 4 is 5.97 Å². The first-order valence-corrected chi connectivity index (χ1v) is 6.89. The van der Waals surface area contributed by atoms with Crippen LogP contribution in [0.25, 0.3) is 0 Å². The van der Waals surface area contributed by atoms with Crippen LogP contribution in [0.15, 0.2) is 48.5 Å². The van der Waals surface area contributed by atoms with Crippen LogP contribution in [0.1, 0.15) is 18.9 Å². The number of ether oxygens (including phenoxy) is 2. The van der Waals surface area contributed by atoms with E-state index in [-0.39, 0.29) is 6.42 Å². The number of carboxylic acids is 1. The summed E-state index contributed by atoms with van der Waals surface area (Å²) in [6, 6.07) is 14.9. The van der Waals surface area contributed by atoms with E-state index in [1.807, 2.05) is 55.5 Å². The van der Waals surface area contributed by atoms with E-state index < -0.39 is 5.97 Å². The van der Waals surface area contributed by atoms with Crippen LogP contribution in [0.4, 0.5) is 0 Å². The second-order valence-corrected chi connectivity index (χ2v) is 4.52. The van der Waals surface area contributed by atoms with Gasteiger partial charge in [0.15, 0.2) is 11.5 Å². The van der Waals surface area contributed by atoms with Gasteiger partial charge < -0.3 is 14.6 Å². The van der Waals surface area contributed by atoms with Crippen molar-refractivity contribution in [3.63, 3.8) is 0 Å². The molecule has 110 valence electrons. The third-order valence-corrected chi connectivity index (χ3v) is 2.93. The minimum absolute atomic E-state index is 0.132. The summed E-state index contributed by atoms with van der Waals surface area (Å²) in [5.74, 6) is 1.27. The van der Waals surface area contributed by atoms with Crippen LogP contribution >= 0.6 is 0 Å². The number of hydrogen-bond acceptors (Lipinski definition) is 3. The third kappa shape index (κ3) is 4.53. The van der Waals surface area contributed by atoms with Crippen LogP contribution in [-0.2, 0) is 11.2 Å². The lowest BCUT2D eigenvalue weighted by Crippen LogP contribution is -1.97. The van der Waals surface area contributed by atoms with Crippen molar-refractivity contribution in [1.82, 2.24) is 0 Å². The summed E-state index contributed by atoms with van der Waals surface area (Å²) in [6.07, 6.45) is 0.651. The van der Waals surface area contributed by atoms with Crippen LogP contribution in [0, 0.1) is 0 Å². The fourth-order valence-corrected chi connectivity index (χ4v) is 1.91. The Hall–Kier alpha value is -2.49. The molecular formula is C17H18O4. The summed E-state index contributed by atoms with van der Waals surface area (Å²) in [5.41, 5.74) is 0.975. The highest BCUT2D eigenvalue weighted by Crippen LogP contribution is 2.31. The SMILES string of the molecule is CCOc1ccccc1Oc1ccc(CCC(=O)O)cc1. The standard InChI is InChI=1S/C17H18O4/c1-2-20-15-5-3-4-6-16(15)21-14-10-7-13(8-11-14)9-12-17(18)19/h3-8,10-11H,2,9,12H2,1H3,(H,18,19). The first-order valence-electron chi connectivity index (χ1n) is 6.89. The summed E-state index contributed by atoms with van der Waals surface area (Å²) >= 11 is 0. The van der Waals surface area contributed by atoms with Gasteiger partial charge >= 0.3 is 5.97 Å². The minimum atomic E-state index is -0.791. The van der Waals surface area contributed by atoms with E-state index in [1.54, 1.807) is 0 Å². The molecule has 0 amide bonds. The quantitative estimate of drug-likeness (QED) is 0.838. The topological polar surface area (TPSA) is 55.8 Å². The van der Waals surface area contributed by atoms with Crippen LogP contribution in [0.5, 0.6) is 17.2 Å². The summed E-state index contributed by atoms with van der Waals surface area (Å²) in [7, 11) is 0. The molecule has 4 heteroatoms. The summed E-state index contributed by atoms with van der Waals surface area (Å²) in [4.78, 5) is 10.5. The van der Waals surface area contributed by atoms with Gasteiger partial charge in [-0.2, -0.15) is 0 Å². The van der Waals surface area contributed by atoms with Crippen LogP contribution in [-0.4, -0.2) is 17.7 Å². The maximum Gasteiger partial charge on any atom is 0.303 e. The Morgan fingerprint density at radius 2 is 1.71 bits per heavy atom. The lowest BCUT2D eigenvalue weighted by molar-refractivity contribution is -0.136. The number of aryl methyl sites for hydroxylation is 1. The number of para-hydroxylation sites is 2. The molecule has 0 atom stereocenters. The van der Waals surface area contributed by atoms with E-state index in [2.05, 4.69) is 0 Å². The molecule has 2 rings (SSSR count). The highest BCUT2D eigenvalue weighted by molar-refractivity contribution is 5.67. The molecule has 0 unspecified atom stereocenters. The molecule has 0 aliphatic heterocycles. The smallest absolute Gasteiger partial charge is 0.303 e. The average Bonchev–Trinajstić information content (AvgIpc) is 2.49. The summed E-state index contributed by atoms with van der Waals surface area (Å²) < 4.78 is 11.3. The van der Waals surface area contributed by atoms with Gasteiger partial charge in [-0.05, 0) is 43.2 Å². The molecule has 1 N–H and O–H groups in total. The lowest BCUT2D eigenvalue weighted by Gasteiger charge is -2.11. The Morgan fingerprint density at radius 3 is 2.33 bits per heavy atom. The lowest BCUT2D eigenvalue weighted by atomic mass is 10.1. The molecule has 0 fully saturated rings. The van der Waals surface area contributed by atoms with Gasteiger partial charge in [-0.25, -0.2) is 0 Å². The number of hydrogen-bond donors (Lipinski definition) is 1. The van der Waals surface area contributed by atoms with E-state index in [4.69, 9.17) is 14.6 Å². The van der Waals surface area contributed by atoms with E-state index in [1.165, 1.54) is 0 Å². The van der Waals surface area contributed by atoms with E-state index in [0.29, 0.717) is 30.3 Å². The maximum absolute atomic E-state index is 10.5. The van der Waals surface area contributed by atoms with Gasteiger partial charge in [0.05, 0.1) is 6.61 Å². The molecule has 0 aromatic heterocycles. The van der Waals surface area contributed by atoms with Gasteiger partial charge in [0, 0.05) is 6.42 Å². The fourth-order valence-electron chi connectivity index (χ4n) is 1.91. The molecule has 0 spiro atoms. The maximum atomic E-state index is 10.5. The van der Waals surface area contributed by atoms with Gasteiger partial charge in [-0.15, -0.1) is 0 Å². The molecule has 0 heterocycles. The number of rotatable bonds is 7. The summed E-state index contributed by atoms with van der Waals surface area (Å²) in [5, 5.41) is 8.67. The second kappa shape index (κ2) is 7.33. The Balaban J connectivity index is 2.05. The molecule has 0 bridgehead atoms. The highest BCUT2D eigenvalue weighted by atomic mass is 16.5. The number of carbonyl (C=O) groups is 1. The Bertz CT molecular complexity index is 590. The number of aliphatic carboxylic acids is 1. The van der Waals surface area contributed by atoms with Crippen molar-refractivity contribution in [2.45, 2.75) is 19.8 Å². The molecule has 21 heavy (non-hydrogen) atoms. The molecule has 4 nitrogen and oxygen atoms in total. The summed E-state index contributed by atoms with van der Waals surface area (Å²) in [6.45, 7) is 2.50. The normalized spacial score (nSPS) is 10.1. The average molecular weight is 286 g/mol. The molecule has 0 saturated carbocycles. The molecule has 0 saturated heterocycles. The van der Waals surface area contributed by atoms with Crippen molar-refractivity contribution in [3.8, 4) is 17.2 Å². The molecule has 0 aliphatic carbocycles. The van der Waals surface area contributed by atoms with Gasteiger partial charge in [0.1, 0.15) is 5.75 Å². The van der Waals surface area contributed by atoms with Crippen molar-refractivity contribution in [3.05, 3.63) is 54.1 Å². The van der Waals surface area contributed by atoms with Crippen LogP contribution in [0.2, 0.25) is 0 Å². The van der Waals surface area contributed by atoms with Crippen LogP contribution < -0.4 is 9.47 Å². The van der Waals surface area contributed by atoms with Gasteiger partial charge in [0.25, 0.3) is 0 Å². The zero-order chi connectivity index (χ0) is 15.1. The van der Waals surface area contributed by atoms with E-state index in [9.17, 15) is 4.79 Å². The molecule has 0 aliphatic rings. The van der Waals surface area contributed by atoms with Crippen molar-refractivity contribution in [2.24, 2.45) is 0 Å². The number of carboxylic acid groups (broad SMARTS) is 1. The first-order chi connectivity index (χ1) is 10.2.